The van der Waals surface area contributed by atoms with Gasteiger partial charge in [0.2, 0.25) is 5.91 Å². The number of hydrogen-bond donors (Lipinski definition) is 2. The number of hydrogen-bond acceptors (Lipinski definition) is 6. The molecule has 3 heterocycles. The van der Waals surface area contributed by atoms with Gasteiger partial charge in [0.25, 0.3) is 5.91 Å². The van der Waals surface area contributed by atoms with Crippen LogP contribution in [0.15, 0.2) is 35.0 Å². The number of thiophene rings is 2. The van der Waals surface area contributed by atoms with Crippen molar-refractivity contribution >= 4 is 34.5 Å². The zero-order valence-electron chi connectivity index (χ0n) is 21.7. The average molecular weight is 531 g/mol. The van der Waals surface area contributed by atoms with E-state index in [2.05, 4.69) is 41.6 Å². The molecule has 2 aromatic rings. The van der Waals surface area contributed by atoms with Crippen LogP contribution in [0.4, 0.5) is 0 Å². The van der Waals surface area contributed by atoms with Gasteiger partial charge in [-0.15, -0.1) is 22.7 Å². The number of amides is 2. The average Bonchev–Trinajstić information content (AvgIpc) is 3.61. The fraction of sp³-hybridized carbons (Fsp3) is 0.643. The second kappa shape index (κ2) is 13.2. The summed E-state index contributed by atoms with van der Waals surface area (Å²) in [4.78, 5) is 33.4. The molecule has 0 aromatic carbocycles. The van der Waals surface area contributed by atoms with E-state index in [1.54, 1.807) is 11.3 Å². The SMILES string of the molecule is CC(C)CN(Cc1cccs1)C1CCN(C(=O)c2cccs2)[C@@H](C(=O)NCC2CCC(CN)CC2)C1. The van der Waals surface area contributed by atoms with Crippen LogP contribution in [0, 0.1) is 17.8 Å². The lowest BCUT2D eigenvalue weighted by Gasteiger charge is -2.43. The van der Waals surface area contributed by atoms with E-state index in [4.69, 9.17) is 5.73 Å². The summed E-state index contributed by atoms with van der Waals surface area (Å²) < 4.78 is 0. The van der Waals surface area contributed by atoms with Gasteiger partial charge in [-0.05, 0) is 85.7 Å². The van der Waals surface area contributed by atoms with E-state index in [1.807, 2.05) is 22.4 Å². The zero-order chi connectivity index (χ0) is 25.5. The number of carbonyl (C=O) groups excluding carboxylic acids is 2. The highest BCUT2D eigenvalue weighted by molar-refractivity contribution is 7.12. The molecule has 0 spiro atoms. The molecule has 0 radical (unpaired) electrons. The van der Waals surface area contributed by atoms with E-state index in [0.29, 0.717) is 42.1 Å². The Hall–Kier alpha value is -1.74. The molecule has 2 atom stereocenters. The summed E-state index contributed by atoms with van der Waals surface area (Å²) in [6, 6.07) is 7.91. The molecule has 2 fully saturated rings. The molecule has 3 N–H and O–H groups in total. The Morgan fingerprint density at radius 1 is 1.08 bits per heavy atom. The van der Waals surface area contributed by atoms with Gasteiger partial charge < -0.3 is 16.0 Å². The van der Waals surface area contributed by atoms with Crippen LogP contribution in [0.5, 0.6) is 0 Å². The van der Waals surface area contributed by atoms with E-state index < -0.39 is 6.04 Å². The van der Waals surface area contributed by atoms with E-state index in [1.165, 1.54) is 16.2 Å². The standard InChI is InChI=1S/C28H42N4O2S2/c1-20(2)18-31(19-24-5-3-13-35-24)23-11-12-32(28(34)26-6-4-14-36-26)25(15-23)27(33)30-17-22-9-7-21(16-29)8-10-22/h3-6,13-14,20-23,25H,7-12,15-19,29H2,1-2H3,(H,30,33)/t21?,22?,23?,25-/m1/s1. The second-order valence-corrected chi connectivity index (χ2v) is 12.9. The van der Waals surface area contributed by atoms with Crippen molar-refractivity contribution in [3.63, 3.8) is 0 Å². The third kappa shape index (κ3) is 7.18. The van der Waals surface area contributed by atoms with Crippen LogP contribution in [0.2, 0.25) is 0 Å². The lowest BCUT2D eigenvalue weighted by molar-refractivity contribution is -0.128. The minimum atomic E-state index is -0.434. The van der Waals surface area contributed by atoms with Gasteiger partial charge in [0.1, 0.15) is 6.04 Å². The number of piperidine rings is 1. The predicted octanol–water partition coefficient (Wildman–Crippen LogP) is 4.82. The monoisotopic (exact) mass is 530 g/mol. The number of nitrogens with two attached hydrogens (primary N) is 1. The summed E-state index contributed by atoms with van der Waals surface area (Å²) in [6.45, 7) is 8.46. The van der Waals surface area contributed by atoms with E-state index in [0.717, 1.165) is 51.7 Å². The number of carbonyl (C=O) groups is 2. The Morgan fingerprint density at radius 2 is 1.81 bits per heavy atom. The topological polar surface area (TPSA) is 78.7 Å². The van der Waals surface area contributed by atoms with Gasteiger partial charge in [-0.3, -0.25) is 14.5 Å². The molecule has 2 aromatic heterocycles. The van der Waals surface area contributed by atoms with Crippen molar-refractivity contribution in [2.24, 2.45) is 23.5 Å². The maximum Gasteiger partial charge on any atom is 0.264 e. The summed E-state index contributed by atoms with van der Waals surface area (Å²) in [5, 5.41) is 7.31. The van der Waals surface area contributed by atoms with Gasteiger partial charge in [-0.1, -0.05) is 26.0 Å². The van der Waals surface area contributed by atoms with E-state index in [9.17, 15) is 9.59 Å². The Morgan fingerprint density at radius 3 is 2.44 bits per heavy atom. The highest BCUT2D eigenvalue weighted by Crippen LogP contribution is 2.29. The molecule has 2 aliphatic rings. The maximum absolute atomic E-state index is 13.6. The summed E-state index contributed by atoms with van der Waals surface area (Å²) in [5.41, 5.74) is 5.85. The Balaban J connectivity index is 1.46. The quantitative estimate of drug-likeness (QED) is 0.462. The molecule has 1 unspecified atom stereocenters. The maximum atomic E-state index is 13.6. The van der Waals surface area contributed by atoms with E-state index in [-0.39, 0.29) is 17.9 Å². The smallest absolute Gasteiger partial charge is 0.264 e. The van der Waals surface area contributed by atoms with Gasteiger partial charge in [0.15, 0.2) is 0 Å². The number of likely N-dealkylation sites (tertiary alicyclic amines) is 1. The fourth-order valence-electron chi connectivity index (χ4n) is 5.76. The van der Waals surface area contributed by atoms with Crippen molar-refractivity contribution in [2.75, 3.05) is 26.2 Å². The predicted molar refractivity (Wildman–Crippen MR) is 149 cm³/mol. The lowest BCUT2D eigenvalue weighted by atomic mass is 9.82. The largest absolute Gasteiger partial charge is 0.354 e. The Kier molecular flexibility index (Phi) is 9.99. The molecule has 2 amide bonds. The molecule has 0 bridgehead atoms. The molecule has 36 heavy (non-hydrogen) atoms. The highest BCUT2D eigenvalue weighted by atomic mass is 32.1. The van der Waals surface area contributed by atoms with Gasteiger partial charge >= 0.3 is 0 Å². The molecule has 4 rings (SSSR count). The van der Waals surface area contributed by atoms with Crippen LogP contribution in [0.25, 0.3) is 0 Å². The summed E-state index contributed by atoms with van der Waals surface area (Å²) in [5.74, 6) is 1.66. The molecule has 1 aliphatic carbocycles. The first-order valence-electron chi connectivity index (χ1n) is 13.5. The van der Waals surface area contributed by atoms with Crippen molar-refractivity contribution in [1.82, 2.24) is 15.1 Å². The van der Waals surface area contributed by atoms with Gasteiger partial charge in [-0.2, -0.15) is 0 Å². The zero-order valence-corrected chi connectivity index (χ0v) is 23.4. The van der Waals surface area contributed by atoms with Crippen LogP contribution in [-0.4, -0.2) is 59.9 Å². The van der Waals surface area contributed by atoms with Crippen LogP contribution >= 0.6 is 22.7 Å². The summed E-state index contributed by atoms with van der Waals surface area (Å²) in [7, 11) is 0. The molecule has 6 nitrogen and oxygen atoms in total. The Labute approximate surface area is 224 Å². The van der Waals surface area contributed by atoms with E-state index >= 15 is 0 Å². The first-order chi connectivity index (χ1) is 17.4. The fourth-order valence-corrected chi connectivity index (χ4v) is 7.17. The third-order valence-electron chi connectivity index (χ3n) is 7.79. The molecule has 1 aliphatic heterocycles. The van der Waals surface area contributed by atoms with Crippen LogP contribution in [-0.2, 0) is 11.3 Å². The highest BCUT2D eigenvalue weighted by Gasteiger charge is 2.39. The van der Waals surface area contributed by atoms with Crippen molar-refractivity contribution in [3.8, 4) is 0 Å². The van der Waals surface area contributed by atoms with Gasteiger partial charge in [0, 0.05) is 37.1 Å². The lowest BCUT2D eigenvalue weighted by Crippen LogP contribution is -2.57. The molecule has 1 saturated heterocycles. The van der Waals surface area contributed by atoms with Crippen LogP contribution < -0.4 is 11.1 Å². The van der Waals surface area contributed by atoms with Gasteiger partial charge in [0.05, 0.1) is 4.88 Å². The van der Waals surface area contributed by atoms with Crippen molar-refractivity contribution in [1.29, 1.82) is 0 Å². The number of nitrogens with one attached hydrogen (secondary N) is 1. The molecule has 1 saturated carbocycles. The molecule has 198 valence electrons. The summed E-state index contributed by atoms with van der Waals surface area (Å²) in [6.07, 6.45) is 6.12. The van der Waals surface area contributed by atoms with Crippen LogP contribution in [0.1, 0.15) is 66.9 Å². The molecular weight excluding hydrogens is 488 g/mol. The molecule has 8 heteroatoms. The van der Waals surface area contributed by atoms with Crippen molar-refractivity contribution in [2.45, 2.75) is 71.0 Å². The third-order valence-corrected chi connectivity index (χ3v) is 9.51. The number of nitrogens with zero attached hydrogens (tertiary/aromatic N) is 2. The van der Waals surface area contributed by atoms with Gasteiger partial charge in [-0.25, -0.2) is 0 Å². The van der Waals surface area contributed by atoms with Crippen molar-refractivity contribution < 1.29 is 9.59 Å². The first-order valence-corrected chi connectivity index (χ1v) is 15.3. The first kappa shape index (κ1) is 27.3. The minimum absolute atomic E-state index is 0.00572. The summed E-state index contributed by atoms with van der Waals surface area (Å²) >= 11 is 3.24. The number of rotatable bonds is 10. The second-order valence-electron chi connectivity index (χ2n) is 10.9. The van der Waals surface area contributed by atoms with Crippen molar-refractivity contribution in [3.05, 3.63) is 44.8 Å². The normalized spacial score (nSPS) is 24.9. The Bertz CT molecular complexity index is 939. The molecular formula is C28H42N4O2S2. The minimum Gasteiger partial charge on any atom is -0.354 e. The van der Waals surface area contributed by atoms with Crippen LogP contribution in [0.3, 0.4) is 0 Å².